The van der Waals surface area contributed by atoms with E-state index in [4.69, 9.17) is 0 Å². The average molecular weight is 537 g/mol. The van der Waals surface area contributed by atoms with Crippen LogP contribution in [0, 0.1) is 0 Å². The van der Waals surface area contributed by atoms with Crippen LogP contribution in [0.1, 0.15) is 19.3 Å². The molecule has 1 unspecified atom stereocenters. The minimum absolute atomic E-state index is 0.633. The molecule has 200 valence electrons. The Labute approximate surface area is 178 Å². The maximum atomic E-state index is 13.2. The van der Waals surface area contributed by atoms with Crippen LogP contribution in [0.4, 0.5) is 61.5 Å². The molecule has 0 aliphatic rings. The van der Waals surface area contributed by atoms with Gasteiger partial charge in [0, 0.05) is 6.54 Å². The van der Waals surface area contributed by atoms with Crippen molar-refractivity contribution in [3.63, 3.8) is 0 Å². The Hall–Kier alpha value is -2.57. The molecule has 0 rings (SSSR count). The molecule has 0 fully saturated rings. The smallest absolute Gasteiger partial charge is 0.460 e. The van der Waals surface area contributed by atoms with Gasteiger partial charge in [0.05, 0.1) is 12.0 Å². The van der Waals surface area contributed by atoms with Gasteiger partial charge in [-0.3, -0.25) is 9.59 Å². The van der Waals surface area contributed by atoms with Gasteiger partial charge in [0.15, 0.2) is 0 Å². The summed E-state index contributed by atoms with van der Waals surface area (Å²) in [5, 5.41) is 12.4. The van der Waals surface area contributed by atoms with Crippen LogP contribution in [-0.4, -0.2) is 66.4 Å². The minimum atomic E-state index is -6.92. The van der Waals surface area contributed by atoms with E-state index in [1.54, 1.807) is 0 Å². The van der Waals surface area contributed by atoms with Crippen molar-refractivity contribution in [1.29, 1.82) is 0 Å². The molecule has 1 atom stereocenters. The van der Waals surface area contributed by atoms with Crippen molar-refractivity contribution >= 4 is 17.8 Å². The molecule has 2 amide bonds. The van der Waals surface area contributed by atoms with Crippen molar-refractivity contribution in [2.45, 2.75) is 61.3 Å². The molecule has 0 saturated heterocycles. The van der Waals surface area contributed by atoms with E-state index in [-0.39, 0.29) is 0 Å². The molecule has 0 spiro atoms. The summed E-state index contributed by atoms with van der Waals surface area (Å²) in [6.07, 6.45) is -16.4. The Morgan fingerprint density at radius 2 is 1.03 bits per heavy atom. The Morgan fingerprint density at radius 1 is 0.647 bits per heavy atom. The molecule has 20 heteroatoms. The van der Waals surface area contributed by atoms with Crippen LogP contribution in [-0.2, 0) is 14.4 Å². The summed E-state index contributed by atoms with van der Waals surface area (Å²) in [6, 6.07) is -2.66. The van der Waals surface area contributed by atoms with E-state index in [1.165, 1.54) is 0 Å². The standard InChI is InChI=1S/C14H12F14N2O4/c15-9(16,11(19,20)13(23,24)25)7(33)29-4-2-1-3-5(6(31)32)30-8(34)10(17,18)12(21,22)14(26,27)28/h5H,1-4H2,(H,29,33)(H,30,34)(H,31,32)/p-1. The molecule has 0 heterocycles. The van der Waals surface area contributed by atoms with Gasteiger partial charge >= 0.3 is 36.0 Å². The predicted octanol–water partition coefficient (Wildman–Crippen LogP) is 2.17. The van der Waals surface area contributed by atoms with E-state index in [0.717, 1.165) is 5.32 Å². The summed E-state index contributed by atoms with van der Waals surface area (Å²) >= 11 is 0. The first-order chi connectivity index (χ1) is 14.9. The van der Waals surface area contributed by atoms with Gasteiger partial charge in [-0.15, -0.1) is 0 Å². The van der Waals surface area contributed by atoms with E-state index >= 15 is 0 Å². The second kappa shape index (κ2) is 9.96. The van der Waals surface area contributed by atoms with Crippen LogP contribution in [0.15, 0.2) is 0 Å². The fourth-order valence-corrected chi connectivity index (χ4v) is 1.93. The van der Waals surface area contributed by atoms with Gasteiger partial charge < -0.3 is 20.5 Å². The topological polar surface area (TPSA) is 98.3 Å². The number of carboxylic acids is 1. The molecular weight excluding hydrogens is 526 g/mol. The van der Waals surface area contributed by atoms with Crippen LogP contribution < -0.4 is 15.7 Å². The van der Waals surface area contributed by atoms with Crippen LogP contribution >= 0.6 is 0 Å². The van der Waals surface area contributed by atoms with Crippen molar-refractivity contribution in [2.24, 2.45) is 0 Å². The fourth-order valence-electron chi connectivity index (χ4n) is 1.93. The fraction of sp³-hybridized carbons (Fsp3) is 0.786. The third-order valence-electron chi connectivity index (χ3n) is 3.87. The van der Waals surface area contributed by atoms with E-state index in [1.807, 2.05) is 0 Å². The molecule has 34 heavy (non-hydrogen) atoms. The second-order valence-corrected chi connectivity index (χ2v) is 6.39. The molecule has 0 aromatic carbocycles. The zero-order valence-electron chi connectivity index (χ0n) is 15.8. The highest BCUT2D eigenvalue weighted by molar-refractivity contribution is 5.88. The van der Waals surface area contributed by atoms with Gasteiger partial charge in [-0.1, -0.05) is 0 Å². The number of carboxylic acid groups (broad SMARTS) is 1. The number of unbranched alkanes of at least 4 members (excludes halogenated alkanes) is 1. The molecule has 6 nitrogen and oxygen atoms in total. The van der Waals surface area contributed by atoms with E-state index < -0.39 is 85.7 Å². The van der Waals surface area contributed by atoms with E-state index in [2.05, 4.69) is 0 Å². The number of amides is 2. The summed E-state index contributed by atoms with van der Waals surface area (Å²) in [5.74, 6) is -35.4. The first kappa shape index (κ1) is 31.4. The van der Waals surface area contributed by atoms with Gasteiger partial charge in [0.1, 0.15) is 0 Å². The average Bonchev–Trinajstić information content (AvgIpc) is 2.63. The quantitative estimate of drug-likeness (QED) is 0.312. The summed E-state index contributed by atoms with van der Waals surface area (Å²) in [5.41, 5.74) is 0. The van der Waals surface area contributed by atoms with Crippen molar-refractivity contribution in [3.8, 4) is 0 Å². The number of carbonyl (C=O) groups is 3. The Balaban J connectivity index is 4.99. The summed E-state index contributed by atoms with van der Waals surface area (Å²) in [7, 11) is 0. The third kappa shape index (κ3) is 6.30. The highest BCUT2D eigenvalue weighted by atomic mass is 19.4. The summed E-state index contributed by atoms with van der Waals surface area (Å²) in [4.78, 5) is 32.8. The number of aliphatic carboxylic acids is 1. The van der Waals surface area contributed by atoms with Crippen LogP contribution in [0.5, 0.6) is 0 Å². The van der Waals surface area contributed by atoms with Crippen LogP contribution in [0.3, 0.4) is 0 Å². The second-order valence-electron chi connectivity index (χ2n) is 6.39. The van der Waals surface area contributed by atoms with Crippen molar-refractivity contribution in [1.82, 2.24) is 10.6 Å². The SMILES string of the molecule is O=C([O-])C(CCCCNC(=O)C(F)(F)C(F)(F)C(F)(F)F)NC(=O)C(F)(F)C(F)(F)C(F)(F)F. The Morgan fingerprint density at radius 3 is 1.38 bits per heavy atom. The van der Waals surface area contributed by atoms with Gasteiger partial charge in [0.2, 0.25) is 0 Å². The normalized spacial score (nSPS) is 15.0. The van der Waals surface area contributed by atoms with Crippen molar-refractivity contribution in [3.05, 3.63) is 0 Å². The summed E-state index contributed by atoms with van der Waals surface area (Å²) in [6.45, 7) is -1.14. The minimum Gasteiger partial charge on any atom is -0.548 e. The largest absolute Gasteiger partial charge is 0.548 e. The van der Waals surface area contributed by atoms with Crippen LogP contribution in [0.2, 0.25) is 0 Å². The number of halogens is 14. The van der Waals surface area contributed by atoms with E-state index in [9.17, 15) is 81.0 Å². The lowest BCUT2D eigenvalue weighted by molar-refractivity contribution is -0.344. The first-order valence-corrected chi connectivity index (χ1v) is 8.30. The predicted molar refractivity (Wildman–Crippen MR) is 75.7 cm³/mol. The van der Waals surface area contributed by atoms with Gasteiger partial charge in [-0.05, 0) is 19.3 Å². The zero-order valence-corrected chi connectivity index (χ0v) is 15.8. The lowest BCUT2D eigenvalue weighted by Gasteiger charge is -2.29. The van der Waals surface area contributed by atoms with Crippen molar-refractivity contribution in [2.75, 3.05) is 6.54 Å². The lowest BCUT2D eigenvalue weighted by Crippen LogP contribution is -2.62. The van der Waals surface area contributed by atoms with Crippen molar-refractivity contribution < 1.29 is 81.0 Å². The molecule has 0 aliphatic heterocycles. The lowest BCUT2D eigenvalue weighted by atomic mass is 10.1. The molecule has 0 aromatic rings. The Bertz CT molecular complexity index is 762. The number of nitrogens with one attached hydrogen (secondary N) is 2. The number of carbonyl (C=O) groups excluding carboxylic acids is 3. The van der Waals surface area contributed by atoms with Gasteiger partial charge in [0.25, 0.3) is 11.8 Å². The van der Waals surface area contributed by atoms with Crippen LogP contribution in [0.25, 0.3) is 0 Å². The zero-order chi connectivity index (χ0) is 27.6. The molecule has 0 aliphatic carbocycles. The maximum absolute atomic E-state index is 13.2. The summed E-state index contributed by atoms with van der Waals surface area (Å²) < 4.78 is 175. The monoisotopic (exact) mass is 537 g/mol. The van der Waals surface area contributed by atoms with Gasteiger partial charge in [-0.2, -0.15) is 61.5 Å². The molecule has 0 bridgehead atoms. The third-order valence-corrected chi connectivity index (χ3v) is 3.87. The Kier molecular flexibility index (Phi) is 9.21. The highest BCUT2D eigenvalue weighted by Gasteiger charge is 2.77. The number of alkyl halides is 14. The molecular formula is C14H11F14N2O4-. The molecule has 0 aromatic heterocycles. The molecule has 0 saturated carbocycles. The van der Waals surface area contributed by atoms with E-state index in [0.29, 0.717) is 5.32 Å². The number of rotatable bonds is 11. The molecule has 0 radical (unpaired) electrons. The highest BCUT2D eigenvalue weighted by Crippen LogP contribution is 2.47. The number of hydrogen-bond donors (Lipinski definition) is 2. The maximum Gasteiger partial charge on any atom is 0.460 e. The number of hydrogen-bond acceptors (Lipinski definition) is 4. The van der Waals surface area contributed by atoms with Gasteiger partial charge in [-0.25, -0.2) is 0 Å². The molecule has 2 N–H and O–H groups in total. The first-order valence-electron chi connectivity index (χ1n) is 8.30.